The summed E-state index contributed by atoms with van der Waals surface area (Å²) < 4.78 is 0. The summed E-state index contributed by atoms with van der Waals surface area (Å²) in [5, 5.41) is 3.42. The number of hydrogen-bond donors (Lipinski definition) is 1. The first-order chi connectivity index (χ1) is 8.75. The molecule has 1 atom stereocenters. The van der Waals surface area contributed by atoms with Gasteiger partial charge in [-0.3, -0.25) is 9.78 Å². The second-order valence-corrected chi connectivity index (χ2v) is 4.94. The van der Waals surface area contributed by atoms with Crippen LogP contribution in [-0.4, -0.2) is 35.4 Å². The fourth-order valence-electron chi connectivity index (χ4n) is 2.35. The van der Waals surface area contributed by atoms with Crippen molar-refractivity contribution in [1.82, 2.24) is 15.2 Å². The summed E-state index contributed by atoms with van der Waals surface area (Å²) in [5.74, 6) is 0.215. The van der Waals surface area contributed by atoms with E-state index < -0.39 is 0 Å². The quantitative estimate of drug-likeness (QED) is 0.906. The number of nitrogens with one attached hydrogen (secondary N) is 1. The van der Waals surface area contributed by atoms with E-state index in [1.165, 1.54) is 12.8 Å². The number of aromatic nitrogens is 1. The molecule has 2 rings (SSSR count). The van der Waals surface area contributed by atoms with Crippen molar-refractivity contribution in [2.24, 2.45) is 0 Å². The summed E-state index contributed by atoms with van der Waals surface area (Å²) >= 11 is 0. The van der Waals surface area contributed by atoms with Gasteiger partial charge in [-0.2, -0.15) is 0 Å². The first-order valence-corrected chi connectivity index (χ1v) is 6.62. The molecule has 0 aromatic carbocycles. The number of carbonyl (C=O) groups is 1. The van der Waals surface area contributed by atoms with Gasteiger partial charge >= 0.3 is 0 Å². The molecule has 1 fully saturated rings. The summed E-state index contributed by atoms with van der Waals surface area (Å²) in [6.07, 6.45) is 7.59. The zero-order valence-corrected chi connectivity index (χ0v) is 13.4. The van der Waals surface area contributed by atoms with Gasteiger partial charge in [-0.25, -0.2) is 0 Å². The molecule has 0 saturated carbocycles. The Balaban J connectivity index is 0.00000180. The highest BCUT2D eigenvalue weighted by Crippen LogP contribution is 2.12. The molecule has 6 heteroatoms. The van der Waals surface area contributed by atoms with Crippen molar-refractivity contribution in [3.05, 3.63) is 30.1 Å². The van der Waals surface area contributed by atoms with Crippen LogP contribution in [0.1, 0.15) is 31.2 Å². The van der Waals surface area contributed by atoms with Gasteiger partial charge in [0, 0.05) is 38.4 Å². The lowest BCUT2D eigenvalue weighted by molar-refractivity contribution is -0.130. The molecule has 1 aliphatic heterocycles. The summed E-state index contributed by atoms with van der Waals surface area (Å²) in [4.78, 5) is 17.8. The average Bonchev–Trinajstić information content (AvgIpc) is 2.90. The molecule has 0 aliphatic carbocycles. The van der Waals surface area contributed by atoms with Gasteiger partial charge in [0.2, 0.25) is 5.91 Å². The summed E-state index contributed by atoms with van der Waals surface area (Å²) in [7, 11) is 1.86. The Morgan fingerprint density at radius 1 is 1.50 bits per heavy atom. The third kappa shape index (κ3) is 6.07. The molecular formula is C14H23Cl2N3O. The van der Waals surface area contributed by atoms with E-state index in [0.717, 1.165) is 18.5 Å². The van der Waals surface area contributed by atoms with E-state index in [4.69, 9.17) is 0 Å². The smallest absolute Gasteiger partial charge is 0.222 e. The van der Waals surface area contributed by atoms with Crippen LogP contribution >= 0.6 is 24.8 Å². The molecule has 1 aliphatic rings. The molecular weight excluding hydrogens is 297 g/mol. The molecule has 4 nitrogen and oxygen atoms in total. The fraction of sp³-hybridized carbons (Fsp3) is 0.571. The number of rotatable bonds is 5. The van der Waals surface area contributed by atoms with Crippen LogP contribution in [0, 0.1) is 0 Å². The lowest BCUT2D eigenvalue weighted by Gasteiger charge is -2.18. The van der Waals surface area contributed by atoms with E-state index in [-0.39, 0.29) is 30.7 Å². The van der Waals surface area contributed by atoms with E-state index in [0.29, 0.717) is 19.0 Å². The molecule has 1 aromatic heterocycles. The topological polar surface area (TPSA) is 45.2 Å². The Kier molecular flexibility index (Phi) is 9.55. The maximum Gasteiger partial charge on any atom is 0.222 e. The molecule has 1 amide bonds. The number of pyridine rings is 1. The molecule has 1 aromatic rings. The van der Waals surface area contributed by atoms with Crippen LogP contribution in [0.4, 0.5) is 0 Å². The summed E-state index contributed by atoms with van der Waals surface area (Å²) in [6.45, 7) is 1.75. The highest BCUT2D eigenvalue weighted by atomic mass is 35.5. The number of hydrogen-bond acceptors (Lipinski definition) is 3. The first kappa shape index (κ1) is 19.2. The van der Waals surface area contributed by atoms with Crippen LogP contribution in [0.5, 0.6) is 0 Å². The molecule has 1 N–H and O–H groups in total. The van der Waals surface area contributed by atoms with Gasteiger partial charge in [0.15, 0.2) is 0 Å². The number of amides is 1. The number of carbonyl (C=O) groups excluding carboxylic acids is 1. The maximum atomic E-state index is 12.0. The predicted molar refractivity (Wildman–Crippen MR) is 85.5 cm³/mol. The largest absolute Gasteiger partial charge is 0.341 e. The van der Waals surface area contributed by atoms with Gasteiger partial charge < -0.3 is 10.2 Å². The Morgan fingerprint density at radius 3 is 2.90 bits per heavy atom. The normalized spacial score (nSPS) is 16.9. The Hall–Kier alpha value is -0.840. The second-order valence-electron chi connectivity index (χ2n) is 4.94. The SMILES string of the molecule is CN(Cc1cccnc1)C(=O)CCC1CCCN1.Cl.Cl. The van der Waals surface area contributed by atoms with Gasteiger partial charge in [-0.15, -0.1) is 24.8 Å². The summed E-state index contributed by atoms with van der Waals surface area (Å²) in [6, 6.07) is 4.44. The minimum Gasteiger partial charge on any atom is -0.341 e. The molecule has 0 bridgehead atoms. The van der Waals surface area contributed by atoms with Crippen molar-refractivity contribution in [2.45, 2.75) is 38.3 Å². The van der Waals surface area contributed by atoms with E-state index in [2.05, 4.69) is 10.3 Å². The highest BCUT2D eigenvalue weighted by Gasteiger charge is 2.16. The van der Waals surface area contributed by atoms with Crippen molar-refractivity contribution in [1.29, 1.82) is 0 Å². The number of halogens is 2. The van der Waals surface area contributed by atoms with Crippen molar-refractivity contribution < 1.29 is 4.79 Å². The fourth-order valence-corrected chi connectivity index (χ4v) is 2.35. The summed E-state index contributed by atoms with van der Waals surface area (Å²) in [5.41, 5.74) is 1.08. The minimum absolute atomic E-state index is 0. The molecule has 1 saturated heterocycles. The van der Waals surface area contributed by atoms with Crippen LogP contribution < -0.4 is 5.32 Å². The van der Waals surface area contributed by atoms with Crippen LogP contribution in [0.2, 0.25) is 0 Å². The molecule has 20 heavy (non-hydrogen) atoms. The standard InChI is InChI=1S/C14H21N3O.2ClH/c1-17(11-12-4-2-8-15-10-12)14(18)7-6-13-5-3-9-16-13;;/h2,4,8,10,13,16H,3,5-7,9,11H2,1H3;2*1H. The van der Waals surface area contributed by atoms with Crippen molar-refractivity contribution >= 4 is 30.7 Å². The lowest BCUT2D eigenvalue weighted by atomic mass is 10.1. The van der Waals surface area contributed by atoms with Crippen LogP contribution in [0.3, 0.4) is 0 Å². The molecule has 2 heterocycles. The molecule has 114 valence electrons. The third-order valence-corrected chi connectivity index (χ3v) is 3.44. The number of nitrogens with zero attached hydrogens (tertiary/aromatic N) is 2. The van der Waals surface area contributed by atoms with E-state index >= 15 is 0 Å². The zero-order valence-electron chi connectivity index (χ0n) is 11.7. The van der Waals surface area contributed by atoms with Gasteiger partial charge in [0.05, 0.1) is 0 Å². The van der Waals surface area contributed by atoms with Crippen molar-refractivity contribution in [2.75, 3.05) is 13.6 Å². The Bertz CT molecular complexity index is 383. The van der Waals surface area contributed by atoms with Gasteiger partial charge in [-0.05, 0) is 37.4 Å². The van der Waals surface area contributed by atoms with E-state index in [9.17, 15) is 4.79 Å². The van der Waals surface area contributed by atoms with Crippen molar-refractivity contribution in [3.8, 4) is 0 Å². The highest BCUT2D eigenvalue weighted by molar-refractivity contribution is 5.85. The average molecular weight is 320 g/mol. The molecule has 0 spiro atoms. The maximum absolute atomic E-state index is 12.0. The van der Waals surface area contributed by atoms with Crippen LogP contribution in [0.25, 0.3) is 0 Å². The van der Waals surface area contributed by atoms with E-state index in [1.807, 2.05) is 25.4 Å². The predicted octanol–water partition coefficient (Wildman–Crippen LogP) is 2.42. The van der Waals surface area contributed by atoms with E-state index in [1.54, 1.807) is 11.1 Å². The molecule has 1 unspecified atom stereocenters. The minimum atomic E-state index is 0. The zero-order chi connectivity index (χ0) is 12.8. The Labute approximate surface area is 133 Å². The van der Waals surface area contributed by atoms with Gasteiger partial charge in [0.1, 0.15) is 0 Å². The van der Waals surface area contributed by atoms with Crippen LogP contribution in [0.15, 0.2) is 24.5 Å². The molecule has 0 radical (unpaired) electrons. The van der Waals surface area contributed by atoms with Gasteiger partial charge in [-0.1, -0.05) is 6.07 Å². The lowest BCUT2D eigenvalue weighted by Crippen LogP contribution is -2.29. The first-order valence-electron chi connectivity index (χ1n) is 6.62. The van der Waals surface area contributed by atoms with Gasteiger partial charge in [0.25, 0.3) is 0 Å². The Morgan fingerprint density at radius 2 is 2.30 bits per heavy atom. The monoisotopic (exact) mass is 319 g/mol. The second kappa shape index (κ2) is 9.97. The third-order valence-electron chi connectivity index (χ3n) is 3.44. The van der Waals surface area contributed by atoms with Crippen LogP contribution in [-0.2, 0) is 11.3 Å². The van der Waals surface area contributed by atoms with Crippen molar-refractivity contribution in [3.63, 3.8) is 0 Å².